The largest absolute Gasteiger partial charge is 0.486 e. The minimum atomic E-state index is 0.335. The van der Waals surface area contributed by atoms with Crippen molar-refractivity contribution in [1.29, 1.82) is 0 Å². The van der Waals surface area contributed by atoms with Gasteiger partial charge in [0.2, 0.25) is 5.89 Å². The molecule has 152 valence electrons. The monoisotopic (exact) mass is 418 g/mol. The van der Waals surface area contributed by atoms with E-state index in [1.165, 1.54) is 11.8 Å². The molecule has 0 amide bonds. The number of hydrogen-bond donors (Lipinski definition) is 0. The molecule has 0 unspecified atom stereocenters. The predicted molar refractivity (Wildman–Crippen MR) is 117 cm³/mol. The van der Waals surface area contributed by atoms with E-state index in [1.54, 1.807) is 6.20 Å². The van der Waals surface area contributed by atoms with E-state index in [1.807, 2.05) is 72.2 Å². The highest BCUT2D eigenvalue weighted by Gasteiger charge is 2.14. The third-order valence-electron chi connectivity index (χ3n) is 4.40. The Morgan fingerprint density at radius 1 is 1.13 bits per heavy atom. The van der Waals surface area contributed by atoms with Crippen molar-refractivity contribution < 1.29 is 9.15 Å². The molecule has 0 N–H and O–H groups in total. The first kappa shape index (κ1) is 20.0. The lowest BCUT2D eigenvalue weighted by molar-refractivity contribution is 0.289. The summed E-state index contributed by atoms with van der Waals surface area (Å²) in [4.78, 5) is 4.38. The number of thioether (sulfide) groups is 1. The summed E-state index contributed by atoms with van der Waals surface area (Å²) in [6, 6.07) is 17.9. The third-order valence-corrected chi connectivity index (χ3v) is 5.35. The third kappa shape index (κ3) is 4.80. The molecule has 2 heterocycles. The van der Waals surface area contributed by atoms with Gasteiger partial charge in [-0.1, -0.05) is 60.3 Å². The molecule has 2 aromatic carbocycles. The van der Waals surface area contributed by atoms with Crippen molar-refractivity contribution in [3.8, 4) is 17.1 Å². The van der Waals surface area contributed by atoms with Crippen LogP contribution in [0.1, 0.15) is 17.3 Å². The molecule has 4 rings (SSSR count). The second kappa shape index (κ2) is 9.45. The first-order valence-electron chi connectivity index (χ1n) is 9.58. The number of aromatic nitrogens is 4. The van der Waals surface area contributed by atoms with Crippen LogP contribution < -0.4 is 4.74 Å². The molecule has 2 aromatic heterocycles. The predicted octanol–water partition coefficient (Wildman–Crippen LogP) is 5.30. The lowest BCUT2D eigenvalue weighted by Crippen LogP contribution is -2.07. The average Bonchev–Trinajstić information content (AvgIpc) is 3.39. The summed E-state index contributed by atoms with van der Waals surface area (Å²) in [6.45, 7) is 6.82. The van der Waals surface area contributed by atoms with Crippen LogP contribution in [-0.4, -0.2) is 19.7 Å². The van der Waals surface area contributed by atoms with Crippen molar-refractivity contribution in [2.24, 2.45) is 0 Å². The van der Waals surface area contributed by atoms with Crippen LogP contribution in [-0.2, 0) is 18.9 Å². The van der Waals surface area contributed by atoms with Crippen LogP contribution in [0.4, 0.5) is 0 Å². The number of rotatable bonds is 9. The van der Waals surface area contributed by atoms with E-state index in [4.69, 9.17) is 9.15 Å². The summed E-state index contributed by atoms with van der Waals surface area (Å²) >= 11 is 1.52. The number of hydrogen-bond acceptors (Lipinski definition) is 6. The summed E-state index contributed by atoms with van der Waals surface area (Å²) < 4.78 is 13.8. The Bertz CT molecular complexity index is 1120. The molecule has 0 saturated carbocycles. The molecule has 30 heavy (non-hydrogen) atoms. The summed E-state index contributed by atoms with van der Waals surface area (Å²) in [5, 5.41) is 9.40. The van der Waals surface area contributed by atoms with E-state index in [0.717, 1.165) is 33.6 Å². The topological polar surface area (TPSA) is 66.0 Å². The SMILES string of the molecule is C=CCn1c(COc2cccc(C)c2)nnc1SCc1ncc(-c2ccccc2)o1. The molecule has 0 atom stereocenters. The van der Waals surface area contributed by atoms with E-state index >= 15 is 0 Å². The van der Waals surface area contributed by atoms with Gasteiger partial charge in [-0.2, -0.15) is 0 Å². The number of oxazole rings is 1. The number of nitrogens with zero attached hydrogens (tertiary/aromatic N) is 4. The van der Waals surface area contributed by atoms with Crippen molar-refractivity contribution in [3.63, 3.8) is 0 Å². The van der Waals surface area contributed by atoms with Gasteiger partial charge in [0.25, 0.3) is 0 Å². The van der Waals surface area contributed by atoms with Gasteiger partial charge in [0.1, 0.15) is 12.4 Å². The van der Waals surface area contributed by atoms with Gasteiger partial charge in [-0.25, -0.2) is 4.98 Å². The fourth-order valence-corrected chi connectivity index (χ4v) is 3.76. The highest BCUT2D eigenvalue weighted by molar-refractivity contribution is 7.98. The Labute approximate surface area is 179 Å². The Kier molecular flexibility index (Phi) is 6.29. The van der Waals surface area contributed by atoms with Crippen LogP contribution in [0.3, 0.4) is 0 Å². The van der Waals surface area contributed by atoms with Gasteiger partial charge >= 0.3 is 0 Å². The molecule has 0 radical (unpaired) electrons. The van der Waals surface area contributed by atoms with Gasteiger partial charge in [-0.05, 0) is 24.6 Å². The van der Waals surface area contributed by atoms with Crippen LogP contribution in [0, 0.1) is 6.92 Å². The van der Waals surface area contributed by atoms with Crippen LogP contribution in [0.25, 0.3) is 11.3 Å². The zero-order valence-corrected chi connectivity index (χ0v) is 17.5. The summed E-state index contributed by atoms with van der Waals surface area (Å²) in [5.41, 5.74) is 2.16. The Morgan fingerprint density at radius 2 is 2.00 bits per heavy atom. The Hall–Kier alpha value is -3.32. The second-order valence-electron chi connectivity index (χ2n) is 6.68. The van der Waals surface area contributed by atoms with Crippen LogP contribution >= 0.6 is 11.8 Å². The zero-order chi connectivity index (χ0) is 20.8. The summed E-state index contributed by atoms with van der Waals surface area (Å²) in [6.07, 6.45) is 3.57. The van der Waals surface area contributed by atoms with E-state index in [-0.39, 0.29) is 0 Å². The maximum atomic E-state index is 5.89. The Morgan fingerprint density at radius 3 is 2.80 bits per heavy atom. The van der Waals surface area contributed by atoms with E-state index in [2.05, 4.69) is 21.8 Å². The van der Waals surface area contributed by atoms with E-state index in [0.29, 0.717) is 24.8 Å². The van der Waals surface area contributed by atoms with Crippen LogP contribution in [0.15, 0.2) is 83.0 Å². The standard InChI is InChI=1S/C23H22N4O2S/c1-3-12-27-21(15-28-19-11-7-8-17(2)13-19)25-26-23(27)30-16-22-24-14-20(29-22)18-9-5-4-6-10-18/h3-11,13-14H,1,12,15-16H2,2H3. The molecule has 0 aliphatic rings. The lowest BCUT2D eigenvalue weighted by Gasteiger charge is -2.09. The summed E-state index contributed by atoms with van der Waals surface area (Å²) in [7, 11) is 0. The average molecular weight is 419 g/mol. The van der Waals surface area contributed by atoms with Gasteiger partial charge in [-0.15, -0.1) is 16.8 Å². The van der Waals surface area contributed by atoms with Crippen molar-refractivity contribution in [2.75, 3.05) is 0 Å². The normalized spacial score (nSPS) is 10.8. The highest BCUT2D eigenvalue weighted by Crippen LogP contribution is 2.26. The zero-order valence-electron chi connectivity index (χ0n) is 16.7. The van der Waals surface area contributed by atoms with E-state index in [9.17, 15) is 0 Å². The molecule has 0 aliphatic heterocycles. The van der Waals surface area contributed by atoms with Gasteiger partial charge in [0.05, 0.1) is 11.9 Å². The molecule has 7 heteroatoms. The van der Waals surface area contributed by atoms with Gasteiger partial charge in [0.15, 0.2) is 16.7 Å². The smallest absolute Gasteiger partial charge is 0.205 e. The molecular formula is C23H22N4O2S. The van der Waals surface area contributed by atoms with Crippen LogP contribution in [0.2, 0.25) is 0 Å². The first-order valence-corrected chi connectivity index (χ1v) is 10.6. The number of allylic oxidation sites excluding steroid dienone is 1. The van der Waals surface area contributed by atoms with Crippen LogP contribution in [0.5, 0.6) is 5.75 Å². The quantitative estimate of drug-likeness (QED) is 0.271. The minimum Gasteiger partial charge on any atom is -0.486 e. The van der Waals surface area contributed by atoms with E-state index < -0.39 is 0 Å². The molecule has 0 fully saturated rings. The number of ether oxygens (including phenoxy) is 1. The molecule has 0 spiro atoms. The molecular weight excluding hydrogens is 396 g/mol. The molecule has 0 bridgehead atoms. The summed E-state index contributed by atoms with van der Waals surface area (Å²) in [5.74, 6) is 3.51. The molecule has 0 aliphatic carbocycles. The fraction of sp³-hybridized carbons (Fsp3) is 0.174. The Balaban J connectivity index is 1.43. The van der Waals surface area contributed by atoms with Crippen molar-refractivity contribution in [1.82, 2.24) is 19.7 Å². The maximum Gasteiger partial charge on any atom is 0.205 e. The second-order valence-corrected chi connectivity index (χ2v) is 7.62. The number of benzene rings is 2. The van der Waals surface area contributed by atoms with Crippen molar-refractivity contribution >= 4 is 11.8 Å². The number of aryl methyl sites for hydroxylation is 1. The molecule has 4 aromatic rings. The highest BCUT2D eigenvalue weighted by atomic mass is 32.2. The van der Waals surface area contributed by atoms with Gasteiger partial charge < -0.3 is 9.15 Å². The van der Waals surface area contributed by atoms with Crippen molar-refractivity contribution in [2.45, 2.75) is 31.0 Å². The molecule has 0 saturated heterocycles. The lowest BCUT2D eigenvalue weighted by atomic mass is 10.2. The molecule has 6 nitrogen and oxygen atoms in total. The fourth-order valence-electron chi connectivity index (χ4n) is 2.94. The van der Waals surface area contributed by atoms with Gasteiger partial charge in [0, 0.05) is 12.1 Å². The maximum absolute atomic E-state index is 5.89. The van der Waals surface area contributed by atoms with Crippen molar-refractivity contribution in [3.05, 3.63) is 90.7 Å². The first-order chi connectivity index (χ1) is 14.7. The minimum absolute atomic E-state index is 0.335. The van der Waals surface area contributed by atoms with Gasteiger partial charge in [-0.3, -0.25) is 4.57 Å².